The van der Waals surface area contributed by atoms with Crippen LogP contribution in [-0.2, 0) is 19.6 Å². The topological polar surface area (TPSA) is 70.4 Å². The van der Waals surface area contributed by atoms with Crippen LogP contribution in [0.4, 0.5) is 5.82 Å². The molecule has 0 spiro atoms. The largest absolute Gasteiger partial charge is 0.357 e. The smallest absolute Gasteiger partial charge is 0.191 e. The molecule has 1 aliphatic heterocycles. The Bertz CT molecular complexity index is 1010. The van der Waals surface area contributed by atoms with Gasteiger partial charge in [0.2, 0.25) is 0 Å². The Morgan fingerprint density at radius 2 is 1.85 bits per heavy atom. The van der Waals surface area contributed by atoms with Gasteiger partial charge in [-0.05, 0) is 54.5 Å². The van der Waals surface area contributed by atoms with Crippen molar-refractivity contribution in [3.05, 3.63) is 77.7 Å². The third-order valence-electron chi connectivity index (χ3n) is 6.14. The molecule has 1 aromatic carbocycles. The van der Waals surface area contributed by atoms with E-state index in [4.69, 9.17) is 9.98 Å². The minimum absolute atomic E-state index is 0. The average Bonchev–Trinajstić information content (AvgIpc) is 3.36. The fourth-order valence-corrected chi connectivity index (χ4v) is 4.08. The lowest BCUT2D eigenvalue weighted by Crippen LogP contribution is -2.37. The van der Waals surface area contributed by atoms with Crippen molar-refractivity contribution in [2.45, 2.75) is 46.3 Å². The number of pyridine rings is 1. The summed E-state index contributed by atoms with van der Waals surface area (Å²) in [5.41, 5.74) is 3.59. The highest BCUT2D eigenvalue weighted by atomic mass is 127. The number of benzene rings is 1. The van der Waals surface area contributed by atoms with E-state index in [1.165, 1.54) is 24.0 Å². The van der Waals surface area contributed by atoms with Gasteiger partial charge in [-0.25, -0.2) is 9.98 Å². The lowest BCUT2D eigenvalue weighted by Gasteiger charge is -2.31. The van der Waals surface area contributed by atoms with Gasteiger partial charge < -0.3 is 15.5 Å². The molecule has 0 unspecified atom stereocenters. The quantitative estimate of drug-likeness (QED) is 0.237. The monoisotopic (exact) mass is 573 g/mol. The van der Waals surface area contributed by atoms with Gasteiger partial charge in [0.15, 0.2) is 5.96 Å². The van der Waals surface area contributed by atoms with E-state index in [-0.39, 0.29) is 24.0 Å². The van der Waals surface area contributed by atoms with Gasteiger partial charge in [0, 0.05) is 44.8 Å². The van der Waals surface area contributed by atoms with Gasteiger partial charge in [-0.1, -0.05) is 37.3 Å². The molecule has 3 aromatic rings. The maximum absolute atomic E-state index is 4.78. The summed E-state index contributed by atoms with van der Waals surface area (Å²) in [6, 6.07) is 14.7. The van der Waals surface area contributed by atoms with Gasteiger partial charge in [-0.15, -0.1) is 24.0 Å². The van der Waals surface area contributed by atoms with Crippen LogP contribution in [0.25, 0.3) is 0 Å². The molecule has 1 aliphatic rings. The number of aromatic nitrogens is 3. The molecule has 1 saturated heterocycles. The van der Waals surface area contributed by atoms with E-state index in [1.807, 2.05) is 29.3 Å². The molecular weight excluding hydrogens is 537 g/mol. The second kappa shape index (κ2) is 13.3. The van der Waals surface area contributed by atoms with Crippen LogP contribution in [-0.4, -0.2) is 40.4 Å². The molecule has 3 heterocycles. The zero-order valence-corrected chi connectivity index (χ0v) is 22.5. The second-order valence-corrected chi connectivity index (χ2v) is 8.72. The number of aliphatic imine (C=N–C) groups is 1. The molecule has 4 rings (SSSR count). The van der Waals surface area contributed by atoms with E-state index < -0.39 is 0 Å². The second-order valence-electron chi connectivity index (χ2n) is 8.72. The van der Waals surface area contributed by atoms with Gasteiger partial charge >= 0.3 is 0 Å². The van der Waals surface area contributed by atoms with Crippen molar-refractivity contribution in [3.8, 4) is 0 Å². The lowest BCUT2D eigenvalue weighted by molar-refractivity contribution is 0.436. The molecule has 7 nitrogen and oxygen atoms in total. The number of rotatable bonds is 8. The molecule has 34 heavy (non-hydrogen) atoms. The summed E-state index contributed by atoms with van der Waals surface area (Å²) < 4.78 is 1.94. The first-order chi connectivity index (χ1) is 16.2. The molecular formula is C26H36IN7. The number of hydrogen-bond donors (Lipinski definition) is 2. The SMILES string of the molecule is CCNC(=NCc1ccc(N2CCC(C)CC2)nc1)NCc1ccccc1Cn1cccn1.I. The van der Waals surface area contributed by atoms with E-state index in [0.29, 0.717) is 13.1 Å². The van der Waals surface area contributed by atoms with Crippen molar-refractivity contribution in [2.24, 2.45) is 10.9 Å². The predicted molar refractivity (Wildman–Crippen MR) is 150 cm³/mol. The lowest BCUT2D eigenvalue weighted by atomic mass is 9.99. The zero-order valence-electron chi connectivity index (χ0n) is 20.2. The first-order valence-corrected chi connectivity index (χ1v) is 12.0. The highest BCUT2D eigenvalue weighted by Gasteiger charge is 2.16. The Morgan fingerprint density at radius 3 is 2.53 bits per heavy atom. The van der Waals surface area contributed by atoms with Crippen LogP contribution in [0.1, 0.15) is 43.4 Å². The molecule has 2 N–H and O–H groups in total. The summed E-state index contributed by atoms with van der Waals surface area (Å²) in [6.45, 7) is 9.48. The summed E-state index contributed by atoms with van der Waals surface area (Å²) in [5.74, 6) is 2.71. The molecule has 0 saturated carbocycles. The Morgan fingerprint density at radius 1 is 1.06 bits per heavy atom. The van der Waals surface area contributed by atoms with Crippen LogP contribution in [0, 0.1) is 5.92 Å². The summed E-state index contributed by atoms with van der Waals surface area (Å²) in [5, 5.41) is 11.2. The number of nitrogens with zero attached hydrogens (tertiary/aromatic N) is 5. The minimum Gasteiger partial charge on any atom is -0.357 e. The van der Waals surface area contributed by atoms with E-state index >= 15 is 0 Å². The van der Waals surface area contributed by atoms with E-state index in [2.05, 4.69) is 70.9 Å². The third-order valence-corrected chi connectivity index (χ3v) is 6.14. The number of hydrogen-bond acceptors (Lipinski definition) is 4. The maximum atomic E-state index is 4.78. The highest BCUT2D eigenvalue weighted by molar-refractivity contribution is 14.0. The fraction of sp³-hybridized carbons (Fsp3) is 0.423. The van der Waals surface area contributed by atoms with Crippen molar-refractivity contribution < 1.29 is 0 Å². The summed E-state index contributed by atoms with van der Waals surface area (Å²) >= 11 is 0. The Balaban J connectivity index is 0.00000324. The fourth-order valence-electron chi connectivity index (χ4n) is 4.08. The molecule has 1 fully saturated rings. The molecule has 0 atom stereocenters. The molecule has 0 radical (unpaired) electrons. The van der Waals surface area contributed by atoms with Gasteiger partial charge in [0.1, 0.15) is 5.82 Å². The minimum atomic E-state index is 0. The van der Waals surface area contributed by atoms with Crippen LogP contribution in [0.5, 0.6) is 0 Å². The van der Waals surface area contributed by atoms with Crippen molar-refractivity contribution in [1.82, 2.24) is 25.4 Å². The van der Waals surface area contributed by atoms with Crippen LogP contribution < -0.4 is 15.5 Å². The van der Waals surface area contributed by atoms with Crippen LogP contribution in [0.15, 0.2) is 66.0 Å². The number of piperidine rings is 1. The molecule has 182 valence electrons. The van der Waals surface area contributed by atoms with Gasteiger partial charge in [-0.3, -0.25) is 4.68 Å². The highest BCUT2D eigenvalue weighted by Crippen LogP contribution is 2.21. The normalized spacial score (nSPS) is 14.5. The molecule has 8 heteroatoms. The standard InChI is InChI=1S/C26H35N7.HI/c1-3-27-26(30-19-23-7-4-5-8-24(23)20-33-14-6-13-31-33)29-18-22-9-10-25(28-17-22)32-15-11-21(2)12-16-32;/h4-10,13-14,17,21H,3,11-12,15-16,18-20H2,1-2H3,(H2,27,29,30);1H. The van der Waals surface area contributed by atoms with Gasteiger partial charge in [0.25, 0.3) is 0 Å². The van der Waals surface area contributed by atoms with Crippen molar-refractivity contribution in [3.63, 3.8) is 0 Å². The van der Waals surface area contributed by atoms with E-state index in [9.17, 15) is 0 Å². The number of halogens is 1. The predicted octanol–water partition coefficient (Wildman–Crippen LogP) is 4.44. The summed E-state index contributed by atoms with van der Waals surface area (Å²) in [6.07, 6.45) is 8.25. The van der Waals surface area contributed by atoms with Gasteiger partial charge in [-0.2, -0.15) is 5.10 Å². The number of anilines is 1. The third kappa shape index (κ3) is 7.44. The Kier molecular flexibility index (Phi) is 10.2. The molecule has 2 aromatic heterocycles. The zero-order chi connectivity index (χ0) is 22.9. The van der Waals surface area contributed by atoms with Crippen LogP contribution in [0.3, 0.4) is 0 Å². The van der Waals surface area contributed by atoms with Gasteiger partial charge in [0.05, 0.1) is 13.1 Å². The van der Waals surface area contributed by atoms with Crippen molar-refractivity contribution in [1.29, 1.82) is 0 Å². The molecule has 0 aliphatic carbocycles. The van der Waals surface area contributed by atoms with Crippen molar-refractivity contribution in [2.75, 3.05) is 24.5 Å². The number of guanidine groups is 1. The van der Waals surface area contributed by atoms with E-state index in [1.54, 1.807) is 0 Å². The van der Waals surface area contributed by atoms with Crippen molar-refractivity contribution >= 4 is 35.8 Å². The first-order valence-electron chi connectivity index (χ1n) is 12.0. The van der Waals surface area contributed by atoms with Crippen LogP contribution >= 0.6 is 24.0 Å². The summed E-state index contributed by atoms with van der Waals surface area (Å²) in [7, 11) is 0. The maximum Gasteiger partial charge on any atom is 0.191 e. The molecule has 0 amide bonds. The first kappa shape index (κ1) is 26.0. The molecule has 0 bridgehead atoms. The number of nitrogens with one attached hydrogen (secondary N) is 2. The van der Waals surface area contributed by atoms with E-state index in [0.717, 1.165) is 49.4 Å². The Hall–Kier alpha value is -2.62. The van der Waals surface area contributed by atoms with Crippen LogP contribution in [0.2, 0.25) is 0 Å². The Labute approximate surface area is 220 Å². The summed E-state index contributed by atoms with van der Waals surface area (Å²) in [4.78, 5) is 11.9. The average molecular weight is 574 g/mol.